The highest BCUT2D eigenvalue weighted by Gasteiger charge is 2.00. The first-order valence-corrected chi connectivity index (χ1v) is 4.73. The Bertz CT molecular complexity index is 395. The number of nitrogens with one attached hydrogen (secondary N) is 2. The molecule has 2 N–H and O–H groups in total. The zero-order chi connectivity index (χ0) is 10.5. The van der Waals surface area contributed by atoms with Gasteiger partial charge in [0.1, 0.15) is 12.2 Å². The van der Waals surface area contributed by atoms with Crippen LogP contribution >= 0.6 is 0 Å². The smallest absolute Gasteiger partial charge is 0.321 e. The van der Waals surface area contributed by atoms with E-state index >= 15 is 0 Å². The highest BCUT2D eigenvalue weighted by molar-refractivity contribution is 5.17. The number of aryl methyl sites for hydroxylation is 2. The van der Waals surface area contributed by atoms with Crippen molar-refractivity contribution in [1.29, 1.82) is 0 Å². The summed E-state index contributed by atoms with van der Waals surface area (Å²) >= 11 is 0. The molecule has 0 saturated carbocycles. The first-order chi connectivity index (χ1) is 7.34. The largest absolute Gasteiger partial charge is 0.338 e. The Morgan fingerprint density at radius 3 is 3.13 bits per heavy atom. The molecule has 7 nitrogen and oxygen atoms in total. The van der Waals surface area contributed by atoms with E-state index in [4.69, 9.17) is 4.52 Å². The summed E-state index contributed by atoms with van der Waals surface area (Å²) in [5.41, 5.74) is 0. The third-order valence-corrected chi connectivity index (χ3v) is 1.86. The van der Waals surface area contributed by atoms with Crippen molar-refractivity contribution in [3.05, 3.63) is 18.0 Å². The highest BCUT2D eigenvalue weighted by atomic mass is 16.5. The minimum atomic E-state index is 0.463. The van der Waals surface area contributed by atoms with Gasteiger partial charge in [-0.25, -0.2) is 4.98 Å². The van der Waals surface area contributed by atoms with Crippen LogP contribution in [0.15, 0.2) is 10.9 Å². The predicted molar refractivity (Wildman–Crippen MR) is 52.2 cm³/mol. The Morgan fingerprint density at radius 1 is 1.53 bits per heavy atom. The van der Waals surface area contributed by atoms with Gasteiger partial charge in [0, 0.05) is 13.0 Å². The molecule has 0 unspecified atom stereocenters. The molecule has 2 heterocycles. The molecule has 0 atom stereocenters. The summed E-state index contributed by atoms with van der Waals surface area (Å²) in [6.45, 7) is 2.55. The second-order valence-electron chi connectivity index (χ2n) is 3.11. The Balaban J connectivity index is 1.67. The number of aromatic nitrogens is 5. The molecule has 2 aromatic heterocycles. The van der Waals surface area contributed by atoms with Crippen molar-refractivity contribution in [1.82, 2.24) is 25.3 Å². The molecule has 0 aliphatic carbocycles. The van der Waals surface area contributed by atoms with E-state index in [2.05, 4.69) is 30.6 Å². The molecule has 0 amide bonds. The Hall–Kier alpha value is -1.92. The minimum absolute atomic E-state index is 0.463. The molecule has 2 aromatic rings. The lowest BCUT2D eigenvalue weighted by Gasteiger charge is -1.98. The second-order valence-corrected chi connectivity index (χ2v) is 3.11. The number of H-pyrrole nitrogens is 1. The quantitative estimate of drug-likeness (QED) is 0.697. The van der Waals surface area contributed by atoms with E-state index in [1.807, 2.05) is 0 Å². The molecule has 7 heteroatoms. The summed E-state index contributed by atoms with van der Waals surface area (Å²) in [4.78, 5) is 8.04. The SMILES string of the molecule is Cc1noc(NCCCc2ncn[nH]2)n1. The molecule has 0 bridgehead atoms. The van der Waals surface area contributed by atoms with Crippen LogP contribution in [0.3, 0.4) is 0 Å². The summed E-state index contributed by atoms with van der Waals surface area (Å²) < 4.78 is 4.89. The summed E-state index contributed by atoms with van der Waals surface area (Å²) in [5, 5.41) is 13.3. The summed E-state index contributed by atoms with van der Waals surface area (Å²) in [6.07, 6.45) is 3.28. The molecule has 0 aromatic carbocycles. The van der Waals surface area contributed by atoms with Crippen LogP contribution in [0.25, 0.3) is 0 Å². The fourth-order valence-corrected chi connectivity index (χ4v) is 1.17. The molecule has 0 spiro atoms. The van der Waals surface area contributed by atoms with Gasteiger partial charge in [0.15, 0.2) is 5.82 Å². The van der Waals surface area contributed by atoms with Gasteiger partial charge in [-0.3, -0.25) is 5.10 Å². The van der Waals surface area contributed by atoms with Crippen molar-refractivity contribution >= 4 is 6.01 Å². The van der Waals surface area contributed by atoms with Crippen molar-refractivity contribution in [2.75, 3.05) is 11.9 Å². The predicted octanol–water partition coefficient (Wildman–Crippen LogP) is 0.541. The third kappa shape index (κ3) is 2.76. The molecule has 0 fully saturated rings. The van der Waals surface area contributed by atoms with Crippen LogP contribution in [0, 0.1) is 6.92 Å². The standard InChI is InChI=1S/C8H12N6O/c1-6-12-8(15-14-6)9-4-2-3-7-10-5-11-13-7/h5H,2-4H2,1H3,(H,9,12,14)(H,10,11,13). The fourth-order valence-electron chi connectivity index (χ4n) is 1.17. The van der Waals surface area contributed by atoms with Gasteiger partial charge in [-0.2, -0.15) is 10.1 Å². The first-order valence-electron chi connectivity index (χ1n) is 4.73. The number of anilines is 1. The molecular weight excluding hydrogens is 196 g/mol. The van der Waals surface area contributed by atoms with Crippen LogP contribution in [-0.2, 0) is 6.42 Å². The van der Waals surface area contributed by atoms with Gasteiger partial charge in [-0.05, 0) is 13.3 Å². The van der Waals surface area contributed by atoms with E-state index in [-0.39, 0.29) is 0 Å². The van der Waals surface area contributed by atoms with Gasteiger partial charge in [0.05, 0.1) is 0 Å². The van der Waals surface area contributed by atoms with Crippen molar-refractivity contribution in [3.63, 3.8) is 0 Å². The Kier molecular flexibility index (Phi) is 2.91. The monoisotopic (exact) mass is 208 g/mol. The van der Waals surface area contributed by atoms with E-state index in [9.17, 15) is 0 Å². The molecule has 0 aliphatic rings. The van der Waals surface area contributed by atoms with Gasteiger partial charge < -0.3 is 9.84 Å². The van der Waals surface area contributed by atoms with Crippen LogP contribution in [0.1, 0.15) is 18.1 Å². The lowest BCUT2D eigenvalue weighted by atomic mass is 10.3. The average molecular weight is 208 g/mol. The maximum absolute atomic E-state index is 4.89. The molecule has 15 heavy (non-hydrogen) atoms. The number of hydrogen-bond acceptors (Lipinski definition) is 6. The van der Waals surface area contributed by atoms with Gasteiger partial charge in [-0.1, -0.05) is 5.16 Å². The summed E-state index contributed by atoms with van der Waals surface area (Å²) in [7, 11) is 0. The number of rotatable bonds is 5. The lowest BCUT2D eigenvalue weighted by molar-refractivity contribution is 0.425. The Morgan fingerprint density at radius 2 is 2.47 bits per heavy atom. The van der Waals surface area contributed by atoms with Crippen molar-refractivity contribution in [2.24, 2.45) is 0 Å². The van der Waals surface area contributed by atoms with Crippen LogP contribution in [0.4, 0.5) is 6.01 Å². The minimum Gasteiger partial charge on any atom is -0.338 e. The number of aromatic amines is 1. The molecule has 2 rings (SSSR count). The summed E-state index contributed by atoms with van der Waals surface area (Å²) in [6, 6.07) is 0.463. The zero-order valence-corrected chi connectivity index (χ0v) is 8.40. The van der Waals surface area contributed by atoms with E-state index < -0.39 is 0 Å². The van der Waals surface area contributed by atoms with Crippen LogP contribution in [0.2, 0.25) is 0 Å². The van der Waals surface area contributed by atoms with E-state index in [1.54, 1.807) is 6.92 Å². The molecule has 80 valence electrons. The number of hydrogen-bond donors (Lipinski definition) is 2. The lowest BCUT2D eigenvalue weighted by Crippen LogP contribution is -2.03. The van der Waals surface area contributed by atoms with Gasteiger partial charge in [-0.15, -0.1) is 0 Å². The van der Waals surface area contributed by atoms with E-state index in [0.29, 0.717) is 11.8 Å². The van der Waals surface area contributed by atoms with Crippen molar-refractivity contribution in [3.8, 4) is 0 Å². The Labute approximate surface area is 86.3 Å². The molecule has 0 saturated heterocycles. The second kappa shape index (κ2) is 4.54. The molecule has 0 radical (unpaired) electrons. The maximum Gasteiger partial charge on any atom is 0.321 e. The molecular formula is C8H12N6O. The van der Waals surface area contributed by atoms with Crippen LogP contribution < -0.4 is 5.32 Å². The topological polar surface area (TPSA) is 92.5 Å². The van der Waals surface area contributed by atoms with Gasteiger partial charge in [0.25, 0.3) is 0 Å². The first kappa shape index (κ1) is 9.63. The third-order valence-electron chi connectivity index (χ3n) is 1.86. The maximum atomic E-state index is 4.89. The van der Waals surface area contributed by atoms with Crippen LogP contribution in [-0.4, -0.2) is 31.9 Å². The number of nitrogens with zero attached hydrogens (tertiary/aromatic N) is 4. The van der Waals surface area contributed by atoms with Crippen LogP contribution in [0.5, 0.6) is 0 Å². The van der Waals surface area contributed by atoms with E-state index in [1.165, 1.54) is 6.33 Å². The average Bonchev–Trinajstić information content (AvgIpc) is 2.84. The van der Waals surface area contributed by atoms with Crippen molar-refractivity contribution < 1.29 is 4.52 Å². The normalized spacial score (nSPS) is 10.5. The van der Waals surface area contributed by atoms with Crippen molar-refractivity contribution in [2.45, 2.75) is 19.8 Å². The van der Waals surface area contributed by atoms with Gasteiger partial charge in [0.2, 0.25) is 0 Å². The molecule has 0 aliphatic heterocycles. The fraction of sp³-hybridized carbons (Fsp3) is 0.500. The van der Waals surface area contributed by atoms with E-state index in [0.717, 1.165) is 25.2 Å². The summed E-state index contributed by atoms with van der Waals surface area (Å²) in [5.74, 6) is 1.52. The van der Waals surface area contributed by atoms with Gasteiger partial charge >= 0.3 is 6.01 Å². The highest BCUT2D eigenvalue weighted by Crippen LogP contribution is 2.02. The zero-order valence-electron chi connectivity index (χ0n) is 8.40.